The second kappa shape index (κ2) is 8.61. The molecule has 0 saturated carbocycles. The first-order chi connectivity index (χ1) is 14.6. The number of fused-ring (bicyclic) bond motifs is 1. The number of benzene rings is 3. The van der Waals surface area contributed by atoms with Gasteiger partial charge in [-0.1, -0.05) is 24.3 Å². The topological polar surface area (TPSA) is 76.1 Å². The molecule has 6 nitrogen and oxygen atoms in total. The maximum atomic E-state index is 11.5. The van der Waals surface area contributed by atoms with Crippen molar-refractivity contribution < 1.29 is 9.53 Å². The molecule has 3 aromatic carbocycles. The third-order valence-corrected chi connectivity index (χ3v) is 4.77. The fourth-order valence-electron chi connectivity index (χ4n) is 3.11. The molecule has 0 atom stereocenters. The first-order valence-electron chi connectivity index (χ1n) is 9.64. The van der Waals surface area contributed by atoms with Crippen molar-refractivity contribution in [2.75, 3.05) is 17.7 Å². The number of para-hydroxylation sites is 1. The third-order valence-electron chi connectivity index (χ3n) is 4.77. The van der Waals surface area contributed by atoms with E-state index in [4.69, 9.17) is 4.74 Å². The lowest BCUT2D eigenvalue weighted by Crippen LogP contribution is -2.06. The summed E-state index contributed by atoms with van der Waals surface area (Å²) in [7, 11) is 1.66. The summed E-state index contributed by atoms with van der Waals surface area (Å²) in [6.45, 7) is 2.17. The molecule has 0 aliphatic carbocycles. The Hall–Kier alpha value is -3.93. The highest BCUT2D eigenvalue weighted by molar-refractivity contribution is 5.94. The fraction of sp³-hybridized carbons (Fsp3) is 0.125. The molecular weight excluding hydrogens is 376 g/mol. The summed E-state index contributed by atoms with van der Waals surface area (Å²) < 4.78 is 5.21. The molecule has 1 aromatic heterocycles. The second-order valence-electron chi connectivity index (χ2n) is 6.87. The molecule has 0 aliphatic heterocycles. The zero-order valence-electron chi connectivity index (χ0n) is 16.8. The van der Waals surface area contributed by atoms with E-state index in [1.54, 1.807) is 26.2 Å². The van der Waals surface area contributed by atoms with Crippen LogP contribution in [0.4, 0.5) is 17.5 Å². The number of aromatic nitrogens is 2. The molecule has 4 aromatic rings. The van der Waals surface area contributed by atoms with Gasteiger partial charge in [-0.25, -0.2) is 4.98 Å². The number of hydrogen-bond acceptors (Lipinski definition) is 6. The number of nitrogens with zero attached hydrogens (tertiary/aromatic N) is 2. The molecule has 4 rings (SSSR count). The number of ketones is 1. The minimum Gasteiger partial charge on any atom is -0.497 e. The van der Waals surface area contributed by atoms with Gasteiger partial charge in [-0.15, -0.1) is 0 Å². The standard InChI is InChI=1S/C24H22N4O2/c1-16(29)18-9-11-19(12-10-18)26-24-27-22-6-4-3-5-21(22)23(28-24)25-15-17-7-13-20(30-2)14-8-17/h3-14H,15H2,1-2H3,(H2,25,26,27,28). The molecule has 0 spiro atoms. The van der Waals surface area contributed by atoms with Crippen molar-refractivity contribution in [3.05, 3.63) is 83.9 Å². The van der Waals surface area contributed by atoms with E-state index in [1.807, 2.05) is 60.7 Å². The molecule has 0 unspecified atom stereocenters. The van der Waals surface area contributed by atoms with Crippen molar-refractivity contribution in [3.63, 3.8) is 0 Å². The van der Waals surface area contributed by atoms with E-state index in [9.17, 15) is 4.79 Å². The normalized spacial score (nSPS) is 10.6. The molecule has 0 bridgehead atoms. The van der Waals surface area contributed by atoms with Gasteiger partial charge in [-0.05, 0) is 61.0 Å². The highest BCUT2D eigenvalue weighted by Gasteiger charge is 2.08. The first kappa shape index (κ1) is 19.4. The minimum absolute atomic E-state index is 0.0357. The van der Waals surface area contributed by atoms with Gasteiger partial charge in [0, 0.05) is 23.2 Å². The highest BCUT2D eigenvalue weighted by Crippen LogP contribution is 2.24. The maximum Gasteiger partial charge on any atom is 0.229 e. The number of carbonyl (C=O) groups is 1. The Labute approximate surface area is 175 Å². The van der Waals surface area contributed by atoms with Crippen LogP contribution in [0.3, 0.4) is 0 Å². The summed E-state index contributed by atoms with van der Waals surface area (Å²) in [6, 6.07) is 23.1. The molecule has 0 radical (unpaired) electrons. The average molecular weight is 398 g/mol. The molecule has 2 N–H and O–H groups in total. The van der Waals surface area contributed by atoms with Crippen molar-refractivity contribution in [1.82, 2.24) is 9.97 Å². The maximum absolute atomic E-state index is 11.5. The van der Waals surface area contributed by atoms with Crippen molar-refractivity contribution >= 4 is 34.1 Å². The molecule has 0 aliphatic rings. The lowest BCUT2D eigenvalue weighted by molar-refractivity contribution is 0.101. The van der Waals surface area contributed by atoms with Gasteiger partial charge in [0.05, 0.1) is 12.6 Å². The van der Waals surface area contributed by atoms with Gasteiger partial charge in [-0.3, -0.25) is 4.79 Å². The first-order valence-corrected chi connectivity index (χ1v) is 9.64. The van der Waals surface area contributed by atoms with Crippen LogP contribution in [-0.2, 0) is 6.54 Å². The second-order valence-corrected chi connectivity index (χ2v) is 6.87. The van der Waals surface area contributed by atoms with E-state index in [1.165, 1.54) is 0 Å². The predicted octanol–water partition coefficient (Wildman–Crippen LogP) is 5.20. The Morgan fingerprint density at radius 1 is 0.933 bits per heavy atom. The summed E-state index contributed by atoms with van der Waals surface area (Å²) in [5, 5.41) is 7.59. The molecule has 0 fully saturated rings. The average Bonchev–Trinajstić information content (AvgIpc) is 2.78. The lowest BCUT2D eigenvalue weighted by atomic mass is 10.1. The third kappa shape index (κ3) is 4.38. The van der Waals surface area contributed by atoms with E-state index in [0.717, 1.165) is 33.7 Å². The Kier molecular flexibility index (Phi) is 5.57. The van der Waals surface area contributed by atoms with E-state index in [-0.39, 0.29) is 5.78 Å². The van der Waals surface area contributed by atoms with Gasteiger partial charge in [0.2, 0.25) is 5.95 Å². The number of anilines is 3. The van der Waals surface area contributed by atoms with Crippen LogP contribution in [-0.4, -0.2) is 22.9 Å². The quantitative estimate of drug-likeness (QED) is 0.417. The van der Waals surface area contributed by atoms with Crippen LogP contribution in [0, 0.1) is 0 Å². The number of ether oxygens (including phenoxy) is 1. The number of Topliss-reactive ketones (excluding diaryl/α,β-unsaturated/α-hetero) is 1. The van der Waals surface area contributed by atoms with Crippen LogP contribution in [0.25, 0.3) is 10.9 Å². The van der Waals surface area contributed by atoms with E-state index in [2.05, 4.69) is 20.6 Å². The van der Waals surface area contributed by atoms with Crippen molar-refractivity contribution in [2.45, 2.75) is 13.5 Å². The van der Waals surface area contributed by atoms with Crippen molar-refractivity contribution in [1.29, 1.82) is 0 Å². The summed E-state index contributed by atoms with van der Waals surface area (Å²) in [4.78, 5) is 20.8. The molecule has 1 heterocycles. The summed E-state index contributed by atoms with van der Waals surface area (Å²) in [5.41, 5.74) is 3.44. The lowest BCUT2D eigenvalue weighted by Gasteiger charge is -2.12. The minimum atomic E-state index is 0.0357. The molecule has 0 saturated heterocycles. The smallest absolute Gasteiger partial charge is 0.229 e. The van der Waals surface area contributed by atoms with Gasteiger partial charge in [0.15, 0.2) is 5.78 Å². The zero-order chi connectivity index (χ0) is 20.9. The SMILES string of the molecule is COc1ccc(CNc2nc(Nc3ccc(C(C)=O)cc3)nc3ccccc23)cc1. The van der Waals surface area contributed by atoms with Crippen molar-refractivity contribution in [3.8, 4) is 5.75 Å². The van der Waals surface area contributed by atoms with Crippen LogP contribution in [0.2, 0.25) is 0 Å². The van der Waals surface area contributed by atoms with Gasteiger partial charge in [0.25, 0.3) is 0 Å². The predicted molar refractivity (Wildman–Crippen MR) is 120 cm³/mol. The van der Waals surface area contributed by atoms with Crippen molar-refractivity contribution in [2.24, 2.45) is 0 Å². The number of nitrogens with one attached hydrogen (secondary N) is 2. The van der Waals surface area contributed by atoms with Crippen LogP contribution in [0.1, 0.15) is 22.8 Å². The molecule has 0 amide bonds. The van der Waals surface area contributed by atoms with E-state index in [0.29, 0.717) is 18.1 Å². The monoisotopic (exact) mass is 398 g/mol. The van der Waals surface area contributed by atoms with E-state index >= 15 is 0 Å². The molecular formula is C24H22N4O2. The summed E-state index contributed by atoms with van der Waals surface area (Å²) >= 11 is 0. The summed E-state index contributed by atoms with van der Waals surface area (Å²) in [5.74, 6) is 2.10. The number of methoxy groups -OCH3 is 1. The molecule has 30 heavy (non-hydrogen) atoms. The van der Waals surface area contributed by atoms with Crippen LogP contribution >= 0.6 is 0 Å². The number of hydrogen-bond donors (Lipinski definition) is 2. The van der Waals surface area contributed by atoms with Gasteiger partial charge >= 0.3 is 0 Å². The Morgan fingerprint density at radius 2 is 1.67 bits per heavy atom. The number of carbonyl (C=O) groups excluding carboxylic acids is 1. The Morgan fingerprint density at radius 3 is 2.37 bits per heavy atom. The van der Waals surface area contributed by atoms with Crippen LogP contribution in [0.15, 0.2) is 72.8 Å². The fourth-order valence-corrected chi connectivity index (χ4v) is 3.11. The Bertz CT molecular complexity index is 1170. The number of rotatable bonds is 7. The summed E-state index contributed by atoms with van der Waals surface area (Å²) in [6.07, 6.45) is 0. The highest BCUT2D eigenvalue weighted by atomic mass is 16.5. The van der Waals surface area contributed by atoms with Gasteiger partial charge in [-0.2, -0.15) is 4.98 Å². The van der Waals surface area contributed by atoms with E-state index < -0.39 is 0 Å². The van der Waals surface area contributed by atoms with Gasteiger partial charge < -0.3 is 15.4 Å². The van der Waals surface area contributed by atoms with Gasteiger partial charge in [0.1, 0.15) is 11.6 Å². The zero-order valence-corrected chi connectivity index (χ0v) is 16.8. The van der Waals surface area contributed by atoms with Crippen LogP contribution < -0.4 is 15.4 Å². The Balaban J connectivity index is 1.59. The largest absolute Gasteiger partial charge is 0.497 e. The van der Waals surface area contributed by atoms with Crippen LogP contribution in [0.5, 0.6) is 5.75 Å². The molecule has 6 heteroatoms. The molecule has 150 valence electrons.